The summed E-state index contributed by atoms with van der Waals surface area (Å²) in [6, 6.07) is 8.23. The molecule has 2 nitrogen and oxygen atoms in total. The van der Waals surface area contributed by atoms with Gasteiger partial charge in [0, 0.05) is 11.6 Å². The lowest BCUT2D eigenvalue weighted by atomic mass is 9.84. The predicted octanol–water partition coefficient (Wildman–Crippen LogP) is 4.06. The zero-order valence-corrected chi connectivity index (χ0v) is 11.4. The summed E-state index contributed by atoms with van der Waals surface area (Å²) in [5.41, 5.74) is 7.46. The van der Waals surface area contributed by atoms with Crippen LogP contribution in [0.15, 0.2) is 24.3 Å². The van der Waals surface area contributed by atoms with Crippen LogP contribution in [0, 0.1) is 5.92 Å². The van der Waals surface area contributed by atoms with Gasteiger partial charge in [0.1, 0.15) is 5.75 Å². The molecule has 0 saturated heterocycles. The maximum Gasteiger partial charge on any atom is 0.123 e. The zero-order valence-electron chi connectivity index (χ0n) is 11.4. The lowest BCUT2D eigenvalue weighted by Gasteiger charge is -2.23. The van der Waals surface area contributed by atoms with Gasteiger partial charge < -0.3 is 10.5 Å². The molecule has 1 aliphatic carbocycles. The highest BCUT2D eigenvalue weighted by Gasteiger charge is 2.16. The van der Waals surface area contributed by atoms with Crippen molar-refractivity contribution in [2.75, 3.05) is 7.11 Å². The van der Waals surface area contributed by atoms with E-state index in [0.717, 1.165) is 23.7 Å². The molecule has 1 unspecified atom stereocenters. The van der Waals surface area contributed by atoms with Crippen LogP contribution in [0.4, 0.5) is 0 Å². The summed E-state index contributed by atoms with van der Waals surface area (Å²) in [6.45, 7) is 0. The van der Waals surface area contributed by atoms with Crippen LogP contribution in [0.3, 0.4) is 0 Å². The minimum absolute atomic E-state index is 0.114. The number of benzene rings is 1. The van der Waals surface area contributed by atoms with E-state index in [1.807, 2.05) is 18.2 Å². The minimum Gasteiger partial charge on any atom is -0.496 e. The van der Waals surface area contributed by atoms with Crippen molar-refractivity contribution in [3.05, 3.63) is 29.8 Å². The molecule has 2 rings (SSSR count). The van der Waals surface area contributed by atoms with Crippen LogP contribution >= 0.6 is 0 Å². The molecule has 0 aromatic heterocycles. The van der Waals surface area contributed by atoms with E-state index in [2.05, 4.69) is 6.07 Å². The van der Waals surface area contributed by atoms with Crippen molar-refractivity contribution < 1.29 is 4.74 Å². The number of nitrogens with two attached hydrogens (primary N) is 1. The Kier molecular flexibility index (Phi) is 5.06. The zero-order chi connectivity index (χ0) is 12.8. The van der Waals surface area contributed by atoms with E-state index in [9.17, 15) is 0 Å². The quantitative estimate of drug-likeness (QED) is 0.851. The Hall–Kier alpha value is -1.02. The molecule has 0 radical (unpaired) electrons. The smallest absolute Gasteiger partial charge is 0.123 e. The van der Waals surface area contributed by atoms with Crippen molar-refractivity contribution in [1.29, 1.82) is 0 Å². The van der Waals surface area contributed by atoms with E-state index < -0.39 is 0 Å². The molecule has 1 atom stereocenters. The first kappa shape index (κ1) is 13.4. The summed E-state index contributed by atoms with van der Waals surface area (Å²) < 4.78 is 5.38. The van der Waals surface area contributed by atoms with Crippen molar-refractivity contribution in [2.45, 2.75) is 51.0 Å². The monoisotopic (exact) mass is 247 g/mol. The summed E-state index contributed by atoms with van der Waals surface area (Å²) in [5, 5.41) is 0. The SMILES string of the molecule is COc1ccccc1C(N)CCC1CCCCC1. The average molecular weight is 247 g/mol. The lowest BCUT2D eigenvalue weighted by Crippen LogP contribution is -2.14. The number of ether oxygens (including phenoxy) is 1. The van der Waals surface area contributed by atoms with Gasteiger partial charge in [0.15, 0.2) is 0 Å². The molecule has 0 aliphatic heterocycles. The Morgan fingerprint density at radius 2 is 1.94 bits per heavy atom. The standard InChI is InChI=1S/C16H25NO/c1-18-16-10-6-5-9-14(16)15(17)12-11-13-7-3-2-4-8-13/h5-6,9-10,13,15H,2-4,7-8,11-12,17H2,1H3. The molecule has 2 heteroatoms. The molecule has 1 aromatic rings. The van der Waals surface area contributed by atoms with E-state index in [1.54, 1.807) is 7.11 Å². The molecular weight excluding hydrogens is 222 g/mol. The second kappa shape index (κ2) is 6.79. The molecule has 1 aromatic carbocycles. The van der Waals surface area contributed by atoms with Crippen LogP contribution in [-0.2, 0) is 0 Å². The summed E-state index contributed by atoms with van der Waals surface area (Å²) in [4.78, 5) is 0. The molecule has 18 heavy (non-hydrogen) atoms. The summed E-state index contributed by atoms with van der Waals surface area (Å²) in [5.74, 6) is 1.83. The third kappa shape index (κ3) is 3.49. The van der Waals surface area contributed by atoms with Crippen LogP contribution in [0.1, 0.15) is 56.6 Å². The molecule has 1 aliphatic rings. The Morgan fingerprint density at radius 3 is 2.67 bits per heavy atom. The van der Waals surface area contributed by atoms with E-state index >= 15 is 0 Å². The van der Waals surface area contributed by atoms with Crippen molar-refractivity contribution in [3.63, 3.8) is 0 Å². The lowest BCUT2D eigenvalue weighted by molar-refractivity contribution is 0.322. The Morgan fingerprint density at radius 1 is 1.22 bits per heavy atom. The van der Waals surface area contributed by atoms with Gasteiger partial charge in [-0.2, -0.15) is 0 Å². The van der Waals surface area contributed by atoms with E-state index in [0.29, 0.717) is 0 Å². The highest BCUT2D eigenvalue weighted by Crippen LogP contribution is 2.31. The fourth-order valence-corrected chi connectivity index (χ4v) is 3.02. The van der Waals surface area contributed by atoms with Crippen LogP contribution in [-0.4, -0.2) is 7.11 Å². The molecular formula is C16H25NO. The van der Waals surface area contributed by atoms with Gasteiger partial charge in [-0.05, 0) is 24.8 Å². The maximum absolute atomic E-state index is 6.31. The van der Waals surface area contributed by atoms with Crippen LogP contribution in [0.25, 0.3) is 0 Å². The summed E-state index contributed by atoms with van der Waals surface area (Å²) >= 11 is 0. The predicted molar refractivity (Wildman–Crippen MR) is 75.7 cm³/mol. The molecule has 100 valence electrons. The Balaban J connectivity index is 1.88. The highest BCUT2D eigenvalue weighted by molar-refractivity contribution is 5.35. The molecule has 1 fully saturated rings. The molecule has 2 N–H and O–H groups in total. The second-order valence-electron chi connectivity index (χ2n) is 5.43. The third-order valence-corrected chi connectivity index (χ3v) is 4.15. The summed E-state index contributed by atoms with van der Waals surface area (Å²) in [6.07, 6.45) is 9.39. The van der Waals surface area contributed by atoms with Crippen molar-refractivity contribution >= 4 is 0 Å². The van der Waals surface area contributed by atoms with Gasteiger partial charge >= 0.3 is 0 Å². The summed E-state index contributed by atoms with van der Waals surface area (Å²) in [7, 11) is 1.71. The molecule has 0 heterocycles. The molecule has 0 spiro atoms. The fourth-order valence-electron chi connectivity index (χ4n) is 3.02. The topological polar surface area (TPSA) is 35.2 Å². The van der Waals surface area contributed by atoms with E-state index in [-0.39, 0.29) is 6.04 Å². The van der Waals surface area contributed by atoms with Crippen LogP contribution in [0.5, 0.6) is 5.75 Å². The molecule has 1 saturated carbocycles. The minimum atomic E-state index is 0.114. The van der Waals surface area contributed by atoms with Crippen LogP contribution < -0.4 is 10.5 Å². The van der Waals surface area contributed by atoms with Crippen molar-refractivity contribution in [2.24, 2.45) is 11.7 Å². The normalized spacial score (nSPS) is 18.6. The van der Waals surface area contributed by atoms with Gasteiger partial charge in [-0.1, -0.05) is 50.3 Å². The molecule has 0 amide bonds. The van der Waals surface area contributed by atoms with Gasteiger partial charge in [0.05, 0.1) is 7.11 Å². The fraction of sp³-hybridized carbons (Fsp3) is 0.625. The number of rotatable bonds is 5. The van der Waals surface area contributed by atoms with Gasteiger partial charge in [0.25, 0.3) is 0 Å². The number of methoxy groups -OCH3 is 1. The first-order valence-corrected chi connectivity index (χ1v) is 7.19. The van der Waals surface area contributed by atoms with E-state index in [1.165, 1.54) is 38.5 Å². The molecule has 0 bridgehead atoms. The first-order chi connectivity index (χ1) is 8.81. The van der Waals surface area contributed by atoms with Gasteiger partial charge in [-0.15, -0.1) is 0 Å². The van der Waals surface area contributed by atoms with Gasteiger partial charge in [0.2, 0.25) is 0 Å². The highest BCUT2D eigenvalue weighted by atomic mass is 16.5. The van der Waals surface area contributed by atoms with E-state index in [4.69, 9.17) is 10.5 Å². The largest absolute Gasteiger partial charge is 0.496 e. The Bertz CT molecular complexity index is 358. The van der Waals surface area contributed by atoms with Gasteiger partial charge in [-0.25, -0.2) is 0 Å². The second-order valence-corrected chi connectivity index (χ2v) is 5.43. The van der Waals surface area contributed by atoms with Crippen LogP contribution in [0.2, 0.25) is 0 Å². The number of hydrogen-bond donors (Lipinski definition) is 1. The van der Waals surface area contributed by atoms with Crippen molar-refractivity contribution in [3.8, 4) is 5.75 Å². The number of para-hydroxylation sites is 1. The third-order valence-electron chi connectivity index (χ3n) is 4.15. The average Bonchev–Trinajstić information content (AvgIpc) is 2.45. The number of hydrogen-bond acceptors (Lipinski definition) is 2. The Labute approximate surface area is 111 Å². The van der Waals surface area contributed by atoms with Crippen molar-refractivity contribution in [1.82, 2.24) is 0 Å². The maximum atomic E-state index is 6.31. The van der Waals surface area contributed by atoms with Gasteiger partial charge in [-0.3, -0.25) is 0 Å². The first-order valence-electron chi connectivity index (χ1n) is 7.19.